The van der Waals surface area contributed by atoms with Gasteiger partial charge in [0.1, 0.15) is 5.82 Å². The van der Waals surface area contributed by atoms with Crippen LogP contribution in [0.25, 0.3) is 0 Å². The molecule has 2 nitrogen and oxygen atoms in total. The Balaban J connectivity index is 2.84. The second-order valence-electron chi connectivity index (χ2n) is 2.77. The van der Waals surface area contributed by atoms with Crippen LogP contribution in [0.4, 0.5) is 4.39 Å². The Morgan fingerprint density at radius 2 is 2.23 bits per heavy atom. The van der Waals surface area contributed by atoms with Gasteiger partial charge in [-0.25, -0.2) is 4.39 Å². The number of benzene rings is 1. The van der Waals surface area contributed by atoms with E-state index >= 15 is 0 Å². The molecule has 0 heterocycles. The first-order valence-electron chi connectivity index (χ1n) is 3.98. The van der Waals surface area contributed by atoms with Gasteiger partial charge in [0.2, 0.25) is 0 Å². The minimum Gasteiger partial charge on any atom is -0.388 e. The van der Waals surface area contributed by atoms with Crippen molar-refractivity contribution < 1.29 is 9.50 Å². The van der Waals surface area contributed by atoms with Gasteiger partial charge in [0.25, 0.3) is 0 Å². The van der Waals surface area contributed by atoms with Crippen molar-refractivity contribution in [3.8, 4) is 0 Å². The summed E-state index contributed by atoms with van der Waals surface area (Å²) in [7, 11) is 0. The maximum atomic E-state index is 13.0. The van der Waals surface area contributed by atoms with Crippen LogP contribution in [0.15, 0.2) is 22.7 Å². The number of aliphatic hydroxyl groups is 1. The topological polar surface area (TPSA) is 46.2 Å². The van der Waals surface area contributed by atoms with Crippen molar-refractivity contribution in [2.75, 3.05) is 6.54 Å². The molecule has 0 amide bonds. The van der Waals surface area contributed by atoms with Crippen molar-refractivity contribution in [3.05, 3.63) is 34.1 Å². The van der Waals surface area contributed by atoms with Gasteiger partial charge in [-0.3, -0.25) is 0 Å². The molecule has 72 valence electrons. The summed E-state index contributed by atoms with van der Waals surface area (Å²) >= 11 is 3.04. The lowest BCUT2D eigenvalue weighted by Gasteiger charge is -2.09. The molecule has 0 aliphatic heterocycles. The van der Waals surface area contributed by atoms with Crippen molar-refractivity contribution >= 4 is 15.9 Å². The zero-order chi connectivity index (χ0) is 9.84. The molecule has 1 atom stereocenters. The van der Waals surface area contributed by atoms with Crippen molar-refractivity contribution in [3.63, 3.8) is 0 Å². The zero-order valence-electron chi connectivity index (χ0n) is 7.00. The van der Waals surface area contributed by atoms with Gasteiger partial charge in [0, 0.05) is 0 Å². The number of nitrogens with two attached hydrogens (primary N) is 1. The summed E-state index contributed by atoms with van der Waals surface area (Å²) in [6.07, 6.45) is -0.228. The third-order valence-corrected chi connectivity index (χ3v) is 2.41. The molecule has 4 heteroatoms. The average Bonchev–Trinajstić information content (AvgIpc) is 2.10. The molecular formula is C9H11BrFNO. The lowest BCUT2D eigenvalue weighted by atomic mass is 10.1. The van der Waals surface area contributed by atoms with Gasteiger partial charge in [-0.05, 0) is 46.6 Å². The molecule has 0 saturated heterocycles. The third kappa shape index (κ3) is 2.76. The van der Waals surface area contributed by atoms with Gasteiger partial charge < -0.3 is 10.8 Å². The van der Waals surface area contributed by atoms with E-state index < -0.39 is 6.10 Å². The van der Waals surface area contributed by atoms with Crippen molar-refractivity contribution in [2.45, 2.75) is 12.5 Å². The highest BCUT2D eigenvalue weighted by atomic mass is 79.9. The molecule has 0 fully saturated rings. The Labute approximate surface area is 84.7 Å². The van der Waals surface area contributed by atoms with Crippen LogP contribution in [-0.2, 0) is 0 Å². The minimum atomic E-state index is -0.674. The average molecular weight is 248 g/mol. The van der Waals surface area contributed by atoms with E-state index in [2.05, 4.69) is 15.9 Å². The summed E-state index contributed by atoms with van der Waals surface area (Å²) in [5.41, 5.74) is 5.83. The summed E-state index contributed by atoms with van der Waals surface area (Å²) < 4.78 is 13.4. The van der Waals surface area contributed by atoms with Gasteiger partial charge >= 0.3 is 0 Å². The largest absolute Gasteiger partial charge is 0.388 e. The molecule has 1 rings (SSSR count). The molecule has 0 aromatic heterocycles. The highest BCUT2D eigenvalue weighted by molar-refractivity contribution is 9.10. The third-order valence-electron chi connectivity index (χ3n) is 1.77. The minimum absolute atomic E-state index is 0.367. The maximum absolute atomic E-state index is 13.0. The van der Waals surface area contributed by atoms with E-state index in [4.69, 9.17) is 5.73 Å². The Morgan fingerprint density at radius 1 is 1.54 bits per heavy atom. The Kier molecular flexibility index (Phi) is 3.84. The van der Waals surface area contributed by atoms with Crippen LogP contribution in [0.3, 0.4) is 0 Å². The monoisotopic (exact) mass is 247 g/mol. The van der Waals surface area contributed by atoms with E-state index in [0.717, 1.165) is 0 Å². The van der Waals surface area contributed by atoms with E-state index in [-0.39, 0.29) is 5.82 Å². The van der Waals surface area contributed by atoms with Crippen molar-refractivity contribution in [2.24, 2.45) is 5.73 Å². The molecule has 0 spiro atoms. The summed E-state index contributed by atoms with van der Waals surface area (Å²) in [6.45, 7) is 0.388. The van der Waals surface area contributed by atoms with Crippen LogP contribution in [0, 0.1) is 5.82 Å². The van der Waals surface area contributed by atoms with Crippen LogP contribution in [0.2, 0.25) is 0 Å². The maximum Gasteiger partial charge on any atom is 0.137 e. The lowest BCUT2D eigenvalue weighted by molar-refractivity contribution is 0.170. The van der Waals surface area contributed by atoms with Gasteiger partial charge in [-0.2, -0.15) is 0 Å². The van der Waals surface area contributed by atoms with Crippen LogP contribution < -0.4 is 5.73 Å². The highest BCUT2D eigenvalue weighted by Crippen LogP contribution is 2.21. The molecular weight excluding hydrogens is 237 g/mol. The molecule has 3 N–H and O–H groups in total. The number of rotatable bonds is 3. The summed E-state index contributed by atoms with van der Waals surface area (Å²) in [5, 5.41) is 9.47. The zero-order valence-corrected chi connectivity index (χ0v) is 8.59. The first-order valence-corrected chi connectivity index (χ1v) is 4.77. The highest BCUT2D eigenvalue weighted by Gasteiger charge is 2.08. The predicted molar refractivity (Wildman–Crippen MR) is 52.7 cm³/mol. The molecule has 13 heavy (non-hydrogen) atoms. The molecule has 0 aliphatic carbocycles. The summed E-state index contributed by atoms with van der Waals surface area (Å²) in [6, 6.07) is 4.56. The first-order chi connectivity index (χ1) is 6.15. The van der Waals surface area contributed by atoms with Gasteiger partial charge in [0.15, 0.2) is 0 Å². The lowest BCUT2D eigenvalue weighted by Crippen LogP contribution is -2.06. The standard InChI is InChI=1S/C9H11BrFNO/c10-7-2-1-6(5-8(7)11)9(13)3-4-12/h1-2,5,9,13H,3-4,12H2. The normalized spacial score (nSPS) is 12.9. The molecule has 0 aliphatic rings. The fourth-order valence-electron chi connectivity index (χ4n) is 1.04. The van der Waals surface area contributed by atoms with Crippen LogP contribution in [0.5, 0.6) is 0 Å². The first kappa shape index (κ1) is 10.6. The second-order valence-corrected chi connectivity index (χ2v) is 3.62. The Morgan fingerprint density at radius 3 is 2.77 bits per heavy atom. The fourth-order valence-corrected chi connectivity index (χ4v) is 1.29. The van der Waals surface area contributed by atoms with Crippen LogP contribution in [-0.4, -0.2) is 11.7 Å². The molecule has 1 aromatic carbocycles. The number of aliphatic hydroxyl groups excluding tert-OH is 1. The van der Waals surface area contributed by atoms with Crippen LogP contribution >= 0.6 is 15.9 Å². The number of hydrogen-bond donors (Lipinski definition) is 2. The van der Waals surface area contributed by atoms with E-state index in [0.29, 0.717) is 23.0 Å². The van der Waals surface area contributed by atoms with Crippen molar-refractivity contribution in [1.82, 2.24) is 0 Å². The Bertz CT molecular complexity index is 293. The van der Waals surface area contributed by atoms with Gasteiger partial charge in [-0.1, -0.05) is 6.07 Å². The molecule has 1 unspecified atom stereocenters. The van der Waals surface area contributed by atoms with E-state index in [1.165, 1.54) is 6.07 Å². The van der Waals surface area contributed by atoms with Gasteiger partial charge in [-0.15, -0.1) is 0 Å². The second kappa shape index (κ2) is 4.69. The Hall–Kier alpha value is -0.450. The quantitative estimate of drug-likeness (QED) is 0.858. The predicted octanol–water partition coefficient (Wildman–Crippen LogP) is 1.97. The smallest absolute Gasteiger partial charge is 0.137 e. The summed E-state index contributed by atoms with van der Waals surface area (Å²) in [4.78, 5) is 0. The summed E-state index contributed by atoms with van der Waals surface area (Å²) in [5.74, 6) is -0.367. The van der Waals surface area contributed by atoms with Gasteiger partial charge in [0.05, 0.1) is 10.6 Å². The molecule has 0 bridgehead atoms. The fraction of sp³-hybridized carbons (Fsp3) is 0.333. The van der Waals surface area contributed by atoms with E-state index in [1.807, 2.05) is 0 Å². The van der Waals surface area contributed by atoms with Crippen LogP contribution in [0.1, 0.15) is 18.1 Å². The number of hydrogen-bond acceptors (Lipinski definition) is 2. The molecule has 0 radical (unpaired) electrons. The van der Waals surface area contributed by atoms with E-state index in [1.54, 1.807) is 12.1 Å². The number of halogens is 2. The molecule has 1 aromatic rings. The van der Waals surface area contributed by atoms with Crippen molar-refractivity contribution in [1.29, 1.82) is 0 Å². The van der Waals surface area contributed by atoms with E-state index in [9.17, 15) is 9.50 Å². The molecule has 0 saturated carbocycles. The SMILES string of the molecule is NCCC(O)c1ccc(Br)c(F)c1.